The Morgan fingerprint density at radius 1 is 0.816 bits per heavy atom. The molecule has 6 rings (SSSR count). The summed E-state index contributed by atoms with van der Waals surface area (Å²) in [6.45, 7) is 4.68. The van der Waals surface area contributed by atoms with Gasteiger partial charge in [0.15, 0.2) is 0 Å². The molecule has 3 aromatic carbocycles. The molecule has 1 aliphatic rings. The van der Waals surface area contributed by atoms with E-state index in [9.17, 15) is 4.79 Å². The lowest BCUT2D eigenvalue weighted by atomic mass is 10.0. The van der Waals surface area contributed by atoms with Gasteiger partial charge in [-0.2, -0.15) is 5.10 Å². The zero-order valence-corrected chi connectivity index (χ0v) is 22.0. The lowest BCUT2D eigenvalue weighted by Crippen LogP contribution is -2.24. The number of benzene rings is 3. The number of aromatic nitrogens is 3. The number of rotatable bonds is 8. The number of fused-ring (bicyclic) bond motifs is 1. The van der Waals surface area contributed by atoms with Crippen molar-refractivity contribution in [1.29, 1.82) is 0 Å². The lowest BCUT2D eigenvalue weighted by Gasteiger charge is -2.14. The molecule has 0 atom stereocenters. The first kappa shape index (κ1) is 25.8. The van der Waals surface area contributed by atoms with Crippen LogP contribution in [0.5, 0.6) is 5.75 Å². The van der Waals surface area contributed by atoms with E-state index < -0.39 is 0 Å². The predicted molar refractivity (Wildman–Crippen MR) is 154 cm³/mol. The Kier molecular flexibility index (Phi) is 7.91. The van der Waals surface area contributed by atoms with E-state index in [1.165, 1.54) is 37.1 Å². The quantitative estimate of drug-likeness (QED) is 0.251. The van der Waals surface area contributed by atoms with E-state index in [4.69, 9.17) is 4.74 Å². The molecule has 0 radical (unpaired) electrons. The molecule has 0 N–H and O–H groups in total. The van der Waals surface area contributed by atoms with E-state index in [1.54, 1.807) is 16.8 Å². The van der Waals surface area contributed by atoms with E-state index >= 15 is 0 Å². The van der Waals surface area contributed by atoms with E-state index in [1.807, 2.05) is 42.6 Å². The third kappa shape index (κ3) is 5.67. The summed E-state index contributed by atoms with van der Waals surface area (Å²) in [7, 11) is 0. The molecule has 0 saturated carbocycles. The number of pyridine rings is 1. The van der Waals surface area contributed by atoms with Crippen LogP contribution in [0, 0.1) is 0 Å². The largest absolute Gasteiger partial charge is 0.489 e. The maximum atomic E-state index is 12.9. The third-order valence-corrected chi connectivity index (χ3v) is 7.09. The molecule has 5 aromatic rings. The topological polar surface area (TPSA) is 52.3 Å². The Morgan fingerprint density at radius 3 is 2.34 bits per heavy atom. The van der Waals surface area contributed by atoms with Crippen LogP contribution in [0.2, 0.25) is 0 Å². The first-order valence-corrected chi connectivity index (χ1v) is 12.9. The summed E-state index contributed by atoms with van der Waals surface area (Å²) in [6, 6.07) is 28.0. The van der Waals surface area contributed by atoms with Crippen LogP contribution in [0.15, 0.2) is 102 Å². The third-order valence-electron chi connectivity index (χ3n) is 7.09. The van der Waals surface area contributed by atoms with Gasteiger partial charge in [-0.05, 0) is 66.9 Å². The minimum absolute atomic E-state index is 0. The molecule has 194 valence electrons. The Balaban J connectivity index is 0.00000294. The van der Waals surface area contributed by atoms with Crippen molar-refractivity contribution in [3.05, 3.63) is 113 Å². The zero-order valence-electron chi connectivity index (χ0n) is 21.2. The van der Waals surface area contributed by atoms with Gasteiger partial charge in [-0.15, -0.1) is 12.4 Å². The highest BCUT2D eigenvalue weighted by Crippen LogP contribution is 2.21. The molecule has 0 aliphatic carbocycles. The molecule has 3 heterocycles. The fraction of sp³-hybridized carbons (Fsp3) is 0.226. The molecule has 0 spiro atoms. The van der Waals surface area contributed by atoms with E-state index in [-0.39, 0.29) is 18.0 Å². The predicted octanol–water partition coefficient (Wildman–Crippen LogP) is 5.95. The second-order valence-electron chi connectivity index (χ2n) is 9.58. The van der Waals surface area contributed by atoms with Crippen LogP contribution in [0.4, 0.5) is 0 Å². The number of ether oxygens (including phenoxy) is 1. The van der Waals surface area contributed by atoms with Crippen molar-refractivity contribution in [2.75, 3.05) is 19.6 Å². The molecule has 1 aliphatic heterocycles. The van der Waals surface area contributed by atoms with Crippen molar-refractivity contribution in [2.24, 2.45) is 0 Å². The average Bonchev–Trinajstić information content (AvgIpc) is 3.61. The van der Waals surface area contributed by atoms with Crippen molar-refractivity contribution in [3.63, 3.8) is 0 Å². The van der Waals surface area contributed by atoms with Crippen LogP contribution in [-0.4, -0.2) is 38.9 Å². The molecule has 7 heteroatoms. The van der Waals surface area contributed by atoms with Crippen molar-refractivity contribution in [2.45, 2.75) is 26.0 Å². The van der Waals surface area contributed by atoms with E-state index in [2.05, 4.69) is 57.1 Å². The molecule has 2 aromatic heterocycles. The first-order valence-electron chi connectivity index (χ1n) is 12.9. The highest BCUT2D eigenvalue weighted by molar-refractivity contribution is 5.85. The number of hydrogen-bond donors (Lipinski definition) is 0. The van der Waals surface area contributed by atoms with Gasteiger partial charge in [0.25, 0.3) is 5.56 Å². The molecule has 1 saturated heterocycles. The molecular formula is C31H31ClN4O2. The summed E-state index contributed by atoms with van der Waals surface area (Å²) >= 11 is 0. The SMILES string of the molecule is Cl.O=c1cc(OCc2ccc(-c3ccccc3)cc2)ccn1-c1ccc2c(cnn2CCN2CCCC2)c1. The van der Waals surface area contributed by atoms with Gasteiger partial charge >= 0.3 is 0 Å². The normalized spacial score (nSPS) is 13.5. The maximum Gasteiger partial charge on any atom is 0.258 e. The number of halogens is 1. The van der Waals surface area contributed by atoms with Gasteiger partial charge in [-0.1, -0.05) is 54.6 Å². The molecule has 0 amide bonds. The molecule has 0 bridgehead atoms. The second-order valence-corrected chi connectivity index (χ2v) is 9.58. The van der Waals surface area contributed by atoms with E-state index in [0.717, 1.165) is 35.2 Å². The zero-order chi connectivity index (χ0) is 25.0. The van der Waals surface area contributed by atoms with Gasteiger partial charge in [0.2, 0.25) is 0 Å². The lowest BCUT2D eigenvalue weighted by molar-refractivity contribution is 0.305. The summed E-state index contributed by atoms with van der Waals surface area (Å²) in [5.74, 6) is 0.559. The summed E-state index contributed by atoms with van der Waals surface area (Å²) in [5.41, 5.74) is 5.19. The standard InChI is InChI=1S/C31H30N4O2.ClH/c36-31-21-29(37-23-24-8-10-26(11-9-24)25-6-2-1-3-7-25)14-17-34(31)28-12-13-30-27(20-28)22-32-35(30)19-18-33-15-4-5-16-33;/h1-3,6-14,17,20-22H,4-5,15-16,18-19,23H2;1H. The van der Waals surface area contributed by atoms with Crippen molar-refractivity contribution >= 4 is 23.3 Å². The molecular weight excluding hydrogens is 496 g/mol. The van der Waals surface area contributed by atoms with Gasteiger partial charge in [-0.3, -0.25) is 14.0 Å². The number of hydrogen-bond acceptors (Lipinski definition) is 4. The summed E-state index contributed by atoms with van der Waals surface area (Å²) in [5, 5.41) is 5.62. The smallest absolute Gasteiger partial charge is 0.258 e. The van der Waals surface area contributed by atoms with Crippen LogP contribution in [0.25, 0.3) is 27.7 Å². The minimum Gasteiger partial charge on any atom is -0.489 e. The van der Waals surface area contributed by atoms with Crippen molar-refractivity contribution in [1.82, 2.24) is 19.2 Å². The minimum atomic E-state index is -0.127. The Bertz CT molecular complexity index is 1550. The highest BCUT2D eigenvalue weighted by Gasteiger charge is 2.12. The maximum absolute atomic E-state index is 12.9. The molecule has 1 fully saturated rings. The number of nitrogens with zero attached hydrogens (tertiary/aromatic N) is 4. The Hall–Kier alpha value is -3.87. The van der Waals surface area contributed by atoms with Gasteiger partial charge < -0.3 is 9.64 Å². The van der Waals surface area contributed by atoms with Crippen molar-refractivity contribution in [3.8, 4) is 22.6 Å². The molecule has 38 heavy (non-hydrogen) atoms. The van der Waals surface area contributed by atoms with Gasteiger partial charge in [0.1, 0.15) is 12.4 Å². The Labute approximate surface area is 228 Å². The summed E-state index contributed by atoms with van der Waals surface area (Å²) < 4.78 is 9.62. The number of likely N-dealkylation sites (tertiary alicyclic amines) is 1. The first-order chi connectivity index (χ1) is 18.2. The van der Waals surface area contributed by atoms with Crippen LogP contribution < -0.4 is 10.3 Å². The van der Waals surface area contributed by atoms with Crippen LogP contribution in [0.1, 0.15) is 18.4 Å². The molecule has 6 nitrogen and oxygen atoms in total. The monoisotopic (exact) mass is 526 g/mol. The summed E-state index contributed by atoms with van der Waals surface area (Å²) in [6.07, 6.45) is 6.25. The summed E-state index contributed by atoms with van der Waals surface area (Å²) in [4.78, 5) is 15.4. The van der Waals surface area contributed by atoms with Gasteiger partial charge in [0.05, 0.1) is 18.3 Å². The average molecular weight is 527 g/mol. The Morgan fingerprint density at radius 2 is 1.58 bits per heavy atom. The van der Waals surface area contributed by atoms with Crippen molar-refractivity contribution < 1.29 is 4.74 Å². The van der Waals surface area contributed by atoms with Crippen LogP contribution in [0.3, 0.4) is 0 Å². The second kappa shape index (κ2) is 11.7. The fourth-order valence-electron chi connectivity index (χ4n) is 5.00. The fourth-order valence-corrected chi connectivity index (χ4v) is 5.00. The van der Waals surface area contributed by atoms with Gasteiger partial charge in [0, 0.05) is 29.9 Å². The highest BCUT2D eigenvalue weighted by atomic mass is 35.5. The molecule has 0 unspecified atom stereocenters. The van der Waals surface area contributed by atoms with Crippen LogP contribution >= 0.6 is 12.4 Å². The van der Waals surface area contributed by atoms with E-state index in [0.29, 0.717) is 12.4 Å². The van der Waals surface area contributed by atoms with Gasteiger partial charge in [-0.25, -0.2) is 0 Å². The van der Waals surface area contributed by atoms with Crippen LogP contribution in [-0.2, 0) is 13.2 Å².